The van der Waals surface area contributed by atoms with Gasteiger partial charge in [-0.05, 0) is 24.3 Å². The first-order valence-corrected chi connectivity index (χ1v) is 7.51. The molecule has 20 heavy (non-hydrogen) atoms. The summed E-state index contributed by atoms with van der Waals surface area (Å²) in [5.74, 6) is 0.0210. The van der Waals surface area contributed by atoms with E-state index in [1.54, 1.807) is 0 Å². The maximum Gasteiger partial charge on any atom is 0.342 e. The minimum Gasteiger partial charge on any atom is -0.397 e. The molecule has 106 valence electrons. The molecule has 0 aliphatic heterocycles. The van der Waals surface area contributed by atoms with Gasteiger partial charge in [0.25, 0.3) is 0 Å². The van der Waals surface area contributed by atoms with E-state index >= 15 is 0 Å². The van der Waals surface area contributed by atoms with Crippen molar-refractivity contribution in [3.05, 3.63) is 46.4 Å². The number of nitrogen functional groups attached to an aromatic ring is 2. The Labute approximate surface area is 126 Å². The predicted octanol–water partition coefficient (Wildman–Crippen LogP) is 2.93. The number of rotatable bonds is 3. The molecule has 0 aromatic heterocycles. The lowest BCUT2D eigenvalue weighted by atomic mass is 10.3. The van der Waals surface area contributed by atoms with E-state index in [-0.39, 0.29) is 26.4 Å². The molecular weight excluding hydrogens is 323 g/mol. The zero-order valence-electron chi connectivity index (χ0n) is 10.0. The average Bonchev–Trinajstić information content (AvgIpc) is 2.33. The zero-order valence-corrected chi connectivity index (χ0v) is 12.3. The molecule has 0 unspecified atom stereocenters. The Morgan fingerprint density at radius 3 is 2.10 bits per heavy atom. The first kappa shape index (κ1) is 14.8. The van der Waals surface area contributed by atoms with Crippen LogP contribution >= 0.6 is 23.2 Å². The van der Waals surface area contributed by atoms with Crippen LogP contribution in [0.3, 0.4) is 0 Å². The Hall–Kier alpha value is -1.63. The van der Waals surface area contributed by atoms with Crippen molar-refractivity contribution in [1.29, 1.82) is 0 Å². The molecule has 0 bridgehead atoms. The number of halogens is 2. The molecule has 0 amide bonds. The largest absolute Gasteiger partial charge is 0.397 e. The standard InChI is InChI=1S/C12H10Cl2N2O3S/c13-8-2-1-3-9(14)12(8)20(17,18)19-7-4-5-10(15)11(16)6-7/h1-6H,15-16H2. The summed E-state index contributed by atoms with van der Waals surface area (Å²) >= 11 is 11.7. The van der Waals surface area contributed by atoms with Crippen LogP contribution in [-0.4, -0.2) is 8.42 Å². The molecule has 0 fully saturated rings. The van der Waals surface area contributed by atoms with Crippen molar-refractivity contribution in [2.75, 3.05) is 11.5 Å². The van der Waals surface area contributed by atoms with E-state index in [0.717, 1.165) is 0 Å². The van der Waals surface area contributed by atoms with E-state index in [4.69, 9.17) is 38.9 Å². The van der Waals surface area contributed by atoms with Gasteiger partial charge in [-0.1, -0.05) is 29.3 Å². The van der Waals surface area contributed by atoms with Crippen molar-refractivity contribution < 1.29 is 12.6 Å². The fraction of sp³-hybridized carbons (Fsp3) is 0. The lowest BCUT2D eigenvalue weighted by Gasteiger charge is -2.10. The molecule has 0 saturated heterocycles. The second-order valence-electron chi connectivity index (χ2n) is 3.88. The smallest absolute Gasteiger partial charge is 0.342 e. The van der Waals surface area contributed by atoms with Gasteiger partial charge in [0.05, 0.1) is 21.4 Å². The van der Waals surface area contributed by atoms with Crippen LogP contribution in [0.4, 0.5) is 11.4 Å². The summed E-state index contributed by atoms with van der Waals surface area (Å²) in [5, 5.41) is -0.0539. The van der Waals surface area contributed by atoms with Gasteiger partial charge in [0.2, 0.25) is 0 Å². The van der Waals surface area contributed by atoms with Crippen molar-refractivity contribution in [2.45, 2.75) is 4.90 Å². The molecule has 8 heteroatoms. The average molecular weight is 333 g/mol. The summed E-state index contributed by atoms with van der Waals surface area (Å²) in [4.78, 5) is -0.293. The van der Waals surface area contributed by atoms with E-state index in [1.807, 2.05) is 0 Å². The van der Waals surface area contributed by atoms with Crippen LogP contribution in [0.25, 0.3) is 0 Å². The summed E-state index contributed by atoms with van der Waals surface area (Å²) in [6.07, 6.45) is 0. The van der Waals surface area contributed by atoms with Crippen LogP contribution in [0, 0.1) is 0 Å². The number of hydrogen-bond acceptors (Lipinski definition) is 5. The van der Waals surface area contributed by atoms with Gasteiger partial charge >= 0.3 is 10.1 Å². The van der Waals surface area contributed by atoms with Crippen LogP contribution in [0.5, 0.6) is 5.75 Å². The van der Waals surface area contributed by atoms with Crippen LogP contribution in [0.15, 0.2) is 41.3 Å². The minimum absolute atomic E-state index is 0.0210. The van der Waals surface area contributed by atoms with Crippen molar-refractivity contribution in [2.24, 2.45) is 0 Å². The fourth-order valence-corrected chi connectivity index (χ4v) is 3.51. The van der Waals surface area contributed by atoms with Gasteiger partial charge < -0.3 is 15.7 Å². The third-order valence-electron chi connectivity index (χ3n) is 2.43. The highest BCUT2D eigenvalue weighted by Gasteiger charge is 2.24. The van der Waals surface area contributed by atoms with E-state index in [2.05, 4.69) is 0 Å². The van der Waals surface area contributed by atoms with Gasteiger partial charge in [-0.3, -0.25) is 0 Å². The van der Waals surface area contributed by atoms with Gasteiger partial charge in [0.1, 0.15) is 10.6 Å². The molecular formula is C12H10Cl2N2O3S. The van der Waals surface area contributed by atoms with Crippen molar-refractivity contribution >= 4 is 44.7 Å². The van der Waals surface area contributed by atoms with Crippen LogP contribution in [0.2, 0.25) is 10.0 Å². The molecule has 0 spiro atoms. The topological polar surface area (TPSA) is 95.4 Å². The number of nitrogens with two attached hydrogens (primary N) is 2. The Morgan fingerprint density at radius 2 is 1.55 bits per heavy atom. The van der Waals surface area contributed by atoms with E-state index in [9.17, 15) is 8.42 Å². The van der Waals surface area contributed by atoms with E-state index < -0.39 is 10.1 Å². The molecule has 0 aliphatic rings. The second kappa shape index (κ2) is 5.40. The second-order valence-corrected chi connectivity index (χ2v) is 6.18. The monoisotopic (exact) mass is 332 g/mol. The summed E-state index contributed by atoms with van der Waals surface area (Å²) in [7, 11) is -4.16. The van der Waals surface area contributed by atoms with Crippen LogP contribution < -0.4 is 15.7 Å². The van der Waals surface area contributed by atoms with Crippen molar-refractivity contribution in [3.63, 3.8) is 0 Å². The summed E-state index contributed by atoms with van der Waals surface area (Å²) in [6, 6.07) is 8.47. The third-order valence-corrected chi connectivity index (χ3v) is 4.64. The van der Waals surface area contributed by atoms with Gasteiger partial charge in [-0.15, -0.1) is 0 Å². The normalized spacial score (nSPS) is 11.3. The molecule has 4 N–H and O–H groups in total. The first-order valence-electron chi connectivity index (χ1n) is 5.35. The highest BCUT2D eigenvalue weighted by molar-refractivity contribution is 7.87. The van der Waals surface area contributed by atoms with Gasteiger partial charge in [0, 0.05) is 6.07 Å². The summed E-state index contributed by atoms with van der Waals surface area (Å²) in [5.41, 5.74) is 11.7. The molecule has 0 saturated carbocycles. The molecule has 2 rings (SSSR count). The lowest BCUT2D eigenvalue weighted by Crippen LogP contribution is -2.11. The molecule has 0 aliphatic carbocycles. The first-order chi connectivity index (χ1) is 9.31. The fourth-order valence-electron chi connectivity index (χ4n) is 1.49. The van der Waals surface area contributed by atoms with E-state index in [0.29, 0.717) is 5.69 Å². The predicted molar refractivity (Wildman–Crippen MR) is 79.5 cm³/mol. The molecule has 5 nitrogen and oxygen atoms in total. The van der Waals surface area contributed by atoms with Gasteiger partial charge in [-0.25, -0.2) is 0 Å². The number of anilines is 2. The van der Waals surface area contributed by atoms with E-state index in [1.165, 1.54) is 36.4 Å². The lowest BCUT2D eigenvalue weighted by molar-refractivity contribution is 0.486. The molecule has 2 aromatic carbocycles. The maximum atomic E-state index is 12.2. The Kier molecular flexibility index (Phi) is 3.99. The SMILES string of the molecule is Nc1ccc(OS(=O)(=O)c2c(Cl)cccc2Cl)cc1N. The summed E-state index contributed by atoms with van der Waals surface area (Å²) in [6.45, 7) is 0. The molecule has 0 radical (unpaired) electrons. The molecule has 2 aromatic rings. The van der Waals surface area contributed by atoms with Crippen molar-refractivity contribution in [1.82, 2.24) is 0 Å². The number of hydrogen-bond donors (Lipinski definition) is 2. The Morgan fingerprint density at radius 1 is 0.950 bits per heavy atom. The quantitative estimate of drug-likeness (QED) is 0.665. The Bertz CT molecular complexity index is 743. The zero-order chi connectivity index (χ0) is 14.9. The minimum atomic E-state index is -4.16. The van der Waals surface area contributed by atoms with Gasteiger partial charge in [0.15, 0.2) is 0 Å². The molecule has 0 heterocycles. The van der Waals surface area contributed by atoms with Crippen LogP contribution in [0.1, 0.15) is 0 Å². The number of benzene rings is 2. The molecule has 0 atom stereocenters. The Balaban J connectivity index is 2.43. The van der Waals surface area contributed by atoms with Gasteiger partial charge in [-0.2, -0.15) is 8.42 Å². The highest BCUT2D eigenvalue weighted by atomic mass is 35.5. The highest BCUT2D eigenvalue weighted by Crippen LogP contribution is 2.32. The summed E-state index contributed by atoms with van der Waals surface area (Å²) < 4.78 is 29.3. The van der Waals surface area contributed by atoms with Crippen LogP contribution in [-0.2, 0) is 10.1 Å². The third kappa shape index (κ3) is 2.92. The van der Waals surface area contributed by atoms with Crippen molar-refractivity contribution in [3.8, 4) is 5.75 Å². The maximum absolute atomic E-state index is 12.2.